The van der Waals surface area contributed by atoms with Crippen LogP contribution in [0.15, 0.2) is 24.3 Å². The van der Waals surface area contributed by atoms with Crippen LogP contribution in [0.5, 0.6) is 0 Å². The molecule has 0 radical (unpaired) electrons. The minimum Gasteiger partial charge on any atom is -0.364 e. The molecule has 18 heavy (non-hydrogen) atoms. The van der Waals surface area contributed by atoms with Crippen molar-refractivity contribution in [1.29, 1.82) is 0 Å². The highest BCUT2D eigenvalue weighted by Gasteiger charge is 2.32. The number of fused-ring (bicyclic) bond motifs is 1. The first-order valence-electron chi connectivity index (χ1n) is 7.25. The van der Waals surface area contributed by atoms with Gasteiger partial charge >= 0.3 is 0 Å². The molecule has 0 fully saturated rings. The predicted molar refractivity (Wildman–Crippen MR) is 79.0 cm³/mol. The first-order valence-corrected chi connectivity index (χ1v) is 7.25. The van der Waals surface area contributed by atoms with Gasteiger partial charge in [-0.25, -0.2) is 0 Å². The third-order valence-electron chi connectivity index (χ3n) is 4.26. The molecule has 1 heterocycles. The number of rotatable bonds is 5. The molecule has 0 aromatic heterocycles. The van der Waals surface area contributed by atoms with E-state index in [9.17, 15) is 0 Å². The molecule has 2 nitrogen and oxygen atoms in total. The molecular weight excluding hydrogens is 220 g/mol. The number of benzene rings is 1. The van der Waals surface area contributed by atoms with Gasteiger partial charge in [0.05, 0.1) is 0 Å². The highest BCUT2D eigenvalue weighted by atomic mass is 15.2. The predicted octanol–water partition coefficient (Wildman–Crippen LogP) is 3.20. The largest absolute Gasteiger partial charge is 0.364 e. The molecule has 0 saturated carbocycles. The number of nitrogens with zero attached hydrogens (tertiary/aromatic N) is 1. The highest BCUT2D eigenvalue weighted by Crippen LogP contribution is 2.35. The van der Waals surface area contributed by atoms with Gasteiger partial charge in [-0.15, -0.1) is 0 Å². The van der Waals surface area contributed by atoms with Gasteiger partial charge in [0, 0.05) is 24.3 Å². The standard InChI is InChI=1S/C16H26N2/c1-4-7-12(2)16(11-17)18-13(3)10-14-8-5-6-9-15(14)18/h5-6,8-9,12-13,16H,4,7,10-11,17H2,1-3H3. The normalized spacial score (nSPS) is 21.8. The maximum absolute atomic E-state index is 6.06. The second kappa shape index (κ2) is 5.75. The van der Waals surface area contributed by atoms with Gasteiger partial charge in [-0.3, -0.25) is 0 Å². The molecule has 0 bridgehead atoms. The molecule has 0 saturated heterocycles. The molecule has 1 aromatic carbocycles. The number of anilines is 1. The van der Waals surface area contributed by atoms with E-state index in [1.54, 1.807) is 0 Å². The Bertz CT molecular complexity index is 388. The first-order chi connectivity index (χ1) is 8.69. The third kappa shape index (κ3) is 2.39. The summed E-state index contributed by atoms with van der Waals surface area (Å²) in [5.74, 6) is 0.661. The second-order valence-corrected chi connectivity index (χ2v) is 5.66. The van der Waals surface area contributed by atoms with Crippen molar-refractivity contribution in [3.05, 3.63) is 29.8 Å². The summed E-state index contributed by atoms with van der Waals surface area (Å²) >= 11 is 0. The molecule has 2 N–H and O–H groups in total. The van der Waals surface area contributed by atoms with Crippen LogP contribution in [0, 0.1) is 5.92 Å². The maximum Gasteiger partial charge on any atom is 0.0441 e. The Labute approximate surface area is 111 Å². The average Bonchev–Trinajstić information content (AvgIpc) is 2.68. The van der Waals surface area contributed by atoms with Crippen molar-refractivity contribution in [3.63, 3.8) is 0 Å². The summed E-state index contributed by atoms with van der Waals surface area (Å²) in [4.78, 5) is 2.57. The number of nitrogens with two attached hydrogens (primary N) is 1. The number of hydrogen-bond acceptors (Lipinski definition) is 2. The Kier molecular flexibility index (Phi) is 4.28. The lowest BCUT2D eigenvalue weighted by molar-refractivity contribution is 0.387. The van der Waals surface area contributed by atoms with Crippen LogP contribution in [-0.4, -0.2) is 18.6 Å². The van der Waals surface area contributed by atoms with Crippen molar-refractivity contribution in [2.45, 2.75) is 52.1 Å². The fourth-order valence-electron chi connectivity index (χ4n) is 3.36. The van der Waals surface area contributed by atoms with Crippen LogP contribution in [0.25, 0.3) is 0 Å². The van der Waals surface area contributed by atoms with E-state index in [2.05, 4.69) is 49.9 Å². The summed E-state index contributed by atoms with van der Waals surface area (Å²) in [7, 11) is 0. The smallest absolute Gasteiger partial charge is 0.0441 e. The molecule has 0 aliphatic carbocycles. The molecule has 0 amide bonds. The van der Waals surface area contributed by atoms with E-state index in [4.69, 9.17) is 5.73 Å². The lowest BCUT2D eigenvalue weighted by atomic mass is 9.94. The van der Waals surface area contributed by atoms with Crippen molar-refractivity contribution < 1.29 is 0 Å². The quantitative estimate of drug-likeness (QED) is 0.864. The topological polar surface area (TPSA) is 29.3 Å². The van der Waals surface area contributed by atoms with Crippen molar-refractivity contribution in [2.24, 2.45) is 11.7 Å². The lowest BCUT2D eigenvalue weighted by Gasteiger charge is -2.37. The van der Waals surface area contributed by atoms with Crippen molar-refractivity contribution >= 4 is 5.69 Å². The highest BCUT2D eigenvalue weighted by molar-refractivity contribution is 5.60. The third-order valence-corrected chi connectivity index (χ3v) is 4.26. The molecule has 0 spiro atoms. The van der Waals surface area contributed by atoms with E-state index in [1.807, 2.05) is 0 Å². The average molecular weight is 246 g/mol. The summed E-state index contributed by atoms with van der Waals surface area (Å²) in [5.41, 5.74) is 8.95. The fourth-order valence-corrected chi connectivity index (χ4v) is 3.36. The zero-order valence-electron chi connectivity index (χ0n) is 11.9. The van der Waals surface area contributed by atoms with Crippen LogP contribution < -0.4 is 10.6 Å². The SMILES string of the molecule is CCCC(C)C(CN)N1c2ccccc2CC1C. The van der Waals surface area contributed by atoms with Gasteiger partial charge in [0.15, 0.2) is 0 Å². The van der Waals surface area contributed by atoms with Crippen LogP contribution in [-0.2, 0) is 6.42 Å². The lowest BCUT2D eigenvalue weighted by Crippen LogP contribution is -2.47. The van der Waals surface area contributed by atoms with E-state index < -0.39 is 0 Å². The van der Waals surface area contributed by atoms with Crippen LogP contribution in [0.2, 0.25) is 0 Å². The van der Waals surface area contributed by atoms with Crippen molar-refractivity contribution in [1.82, 2.24) is 0 Å². The van der Waals surface area contributed by atoms with Crippen LogP contribution in [0.3, 0.4) is 0 Å². The van der Waals surface area contributed by atoms with Gasteiger partial charge in [-0.2, -0.15) is 0 Å². The van der Waals surface area contributed by atoms with Gasteiger partial charge < -0.3 is 10.6 Å². The zero-order valence-corrected chi connectivity index (χ0v) is 11.9. The van der Waals surface area contributed by atoms with Gasteiger partial charge in [0.25, 0.3) is 0 Å². The van der Waals surface area contributed by atoms with Gasteiger partial charge in [0.1, 0.15) is 0 Å². The summed E-state index contributed by atoms with van der Waals surface area (Å²) in [6.07, 6.45) is 3.65. The van der Waals surface area contributed by atoms with Crippen molar-refractivity contribution in [2.75, 3.05) is 11.4 Å². The van der Waals surface area contributed by atoms with E-state index in [1.165, 1.54) is 24.1 Å². The number of para-hydroxylation sites is 1. The summed E-state index contributed by atoms with van der Waals surface area (Å²) in [6, 6.07) is 9.84. The van der Waals surface area contributed by atoms with E-state index in [-0.39, 0.29) is 0 Å². The molecule has 3 atom stereocenters. The minimum absolute atomic E-state index is 0.476. The van der Waals surface area contributed by atoms with Gasteiger partial charge in [-0.1, -0.05) is 38.5 Å². The van der Waals surface area contributed by atoms with E-state index >= 15 is 0 Å². The Balaban J connectivity index is 2.25. The van der Waals surface area contributed by atoms with Crippen LogP contribution in [0.1, 0.15) is 39.2 Å². The summed E-state index contributed by atoms with van der Waals surface area (Å²) in [6.45, 7) is 7.67. The van der Waals surface area contributed by atoms with Gasteiger partial charge in [-0.05, 0) is 37.3 Å². The fraction of sp³-hybridized carbons (Fsp3) is 0.625. The monoisotopic (exact) mass is 246 g/mol. The molecule has 1 aromatic rings. The van der Waals surface area contributed by atoms with E-state index in [0.717, 1.165) is 13.0 Å². The Morgan fingerprint density at radius 2 is 2.11 bits per heavy atom. The van der Waals surface area contributed by atoms with Crippen LogP contribution in [0.4, 0.5) is 5.69 Å². The second-order valence-electron chi connectivity index (χ2n) is 5.66. The molecule has 1 aliphatic rings. The Morgan fingerprint density at radius 3 is 2.78 bits per heavy atom. The first kappa shape index (κ1) is 13.4. The van der Waals surface area contributed by atoms with Gasteiger partial charge in [0.2, 0.25) is 0 Å². The summed E-state index contributed by atoms with van der Waals surface area (Å²) in [5, 5.41) is 0. The molecular formula is C16H26N2. The Morgan fingerprint density at radius 1 is 1.39 bits per heavy atom. The zero-order chi connectivity index (χ0) is 13.1. The molecule has 2 heteroatoms. The van der Waals surface area contributed by atoms with Crippen molar-refractivity contribution in [3.8, 4) is 0 Å². The summed E-state index contributed by atoms with van der Waals surface area (Å²) < 4.78 is 0. The maximum atomic E-state index is 6.06. The van der Waals surface area contributed by atoms with E-state index in [0.29, 0.717) is 18.0 Å². The molecule has 2 rings (SSSR count). The van der Waals surface area contributed by atoms with Crippen LogP contribution >= 0.6 is 0 Å². The molecule has 3 unspecified atom stereocenters. The minimum atomic E-state index is 0.476. The number of hydrogen-bond donors (Lipinski definition) is 1. The molecule has 1 aliphatic heterocycles. The Hall–Kier alpha value is -1.02. The molecule has 100 valence electrons.